The standard InChI is InChI=1S/C37H39N3O8/c1-36(2,3)48-35(45)39-19-22(23-12-10-11-17-30(23)39)18-29(32(41)40-31(33(42)43)21-47-37(40,4)5)38-34(44)46-20-28-26-15-8-6-13-24(26)25-14-7-9-16-27(25)28/h6-17,19,28-29,31H,18,20-21H2,1-5H3,(H,38,44)(H,42,43)/t29-,31-/m0/s1. The second-order valence-electron chi connectivity index (χ2n) is 13.6. The lowest BCUT2D eigenvalue weighted by atomic mass is 9.98. The fourth-order valence-corrected chi connectivity index (χ4v) is 6.65. The van der Waals surface area contributed by atoms with Crippen molar-refractivity contribution in [2.75, 3.05) is 13.2 Å². The third kappa shape index (κ3) is 6.25. The Bertz CT molecular complexity index is 1860. The van der Waals surface area contributed by atoms with Crippen molar-refractivity contribution in [3.63, 3.8) is 0 Å². The summed E-state index contributed by atoms with van der Waals surface area (Å²) in [5, 5.41) is 13.3. The number of hydrogen-bond acceptors (Lipinski definition) is 7. The van der Waals surface area contributed by atoms with Crippen molar-refractivity contribution < 1.29 is 38.5 Å². The number of alkyl carbamates (subject to hydrolysis) is 1. The zero-order valence-corrected chi connectivity index (χ0v) is 27.6. The molecule has 11 heteroatoms. The summed E-state index contributed by atoms with van der Waals surface area (Å²) in [7, 11) is 0. The molecule has 1 aliphatic carbocycles. The number of carboxylic acids is 1. The van der Waals surface area contributed by atoms with E-state index in [0.717, 1.165) is 27.2 Å². The normalized spacial score (nSPS) is 17.4. The van der Waals surface area contributed by atoms with Gasteiger partial charge in [0.25, 0.3) is 0 Å². The third-order valence-corrected chi connectivity index (χ3v) is 8.75. The number of nitrogens with zero attached hydrogens (tertiary/aromatic N) is 2. The summed E-state index contributed by atoms with van der Waals surface area (Å²) >= 11 is 0. The number of rotatable bonds is 7. The van der Waals surface area contributed by atoms with Crippen LogP contribution in [0.4, 0.5) is 9.59 Å². The van der Waals surface area contributed by atoms with Gasteiger partial charge in [0.05, 0.1) is 12.1 Å². The van der Waals surface area contributed by atoms with Gasteiger partial charge >= 0.3 is 18.2 Å². The van der Waals surface area contributed by atoms with Gasteiger partial charge in [0.1, 0.15) is 24.0 Å². The minimum absolute atomic E-state index is 0.0226. The Hall–Kier alpha value is -5.16. The van der Waals surface area contributed by atoms with Crippen LogP contribution in [-0.2, 0) is 30.2 Å². The summed E-state index contributed by atoms with van der Waals surface area (Å²) in [5.41, 5.74) is 3.34. The highest BCUT2D eigenvalue weighted by Crippen LogP contribution is 2.44. The number of fused-ring (bicyclic) bond motifs is 4. The van der Waals surface area contributed by atoms with Crippen molar-refractivity contribution in [1.29, 1.82) is 0 Å². The first-order chi connectivity index (χ1) is 22.7. The molecule has 0 bridgehead atoms. The first kappa shape index (κ1) is 32.8. The molecule has 48 heavy (non-hydrogen) atoms. The summed E-state index contributed by atoms with van der Waals surface area (Å²) in [6.45, 7) is 8.33. The number of ether oxygens (including phenoxy) is 3. The van der Waals surface area contributed by atoms with Gasteiger partial charge in [-0.15, -0.1) is 0 Å². The van der Waals surface area contributed by atoms with Crippen LogP contribution in [0.15, 0.2) is 79.0 Å². The maximum Gasteiger partial charge on any atom is 0.419 e. The molecule has 11 nitrogen and oxygen atoms in total. The second kappa shape index (κ2) is 12.5. The quantitative estimate of drug-likeness (QED) is 0.251. The number of hydrogen-bond donors (Lipinski definition) is 2. The summed E-state index contributed by atoms with van der Waals surface area (Å²) < 4.78 is 18.5. The van der Waals surface area contributed by atoms with Gasteiger partial charge in [0.15, 0.2) is 6.04 Å². The van der Waals surface area contributed by atoms with E-state index in [4.69, 9.17) is 14.2 Å². The first-order valence-electron chi connectivity index (χ1n) is 15.9. The average molecular weight is 654 g/mol. The highest BCUT2D eigenvalue weighted by molar-refractivity contribution is 5.94. The molecular formula is C37H39N3O8. The zero-order chi connectivity index (χ0) is 34.4. The van der Waals surface area contributed by atoms with E-state index in [1.165, 1.54) is 4.57 Å². The van der Waals surface area contributed by atoms with Crippen molar-refractivity contribution in [2.24, 2.45) is 0 Å². The number of carbonyl (C=O) groups is 4. The molecule has 3 aromatic carbocycles. The largest absolute Gasteiger partial charge is 0.480 e. The Morgan fingerprint density at radius 3 is 2.19 bits per heavy atom. The van der Waals surface area contributed by atoms with E-state index in [1.807, 2.05) is 54.6 Å². The van der Waals surface area contributed by atoms with Gasteiger partial charge in [-0.1, -0.05) is 66.7 Å². The molecule has 1 aliphatic heterocycles. The van der Waals surface area contributed by atoms with Crippen LogP contribution in [0.25, 0.3) is 22.0 Å². The molecule has 1 aromatic heterocycles. The van der Waals surface area contributed by atoms with E-state index in [9.17, 15) is 24.3 Å². The molecule has 1 fully saturated rings. The van der Waals surface area contributed by atoms with Crippen molar-refractivity contribution in [2.45, 2.75) is 70.4 Å². The number of aromatic nitrogens is 1. The number of aliphatic carboxylic acids is 1. The van der Waals surface area contributed by atoms with Crippen molar-refractivity contribution in [3.05, 3.63) is 95.7 Å². The number of amides is 2. The predicted octanol–water partition coefficient (Wildman–Crippen LogP) is 5.92. The van der Waals surface area contributed by atoms with E-state index >= 15 is 0 Å². The second-order valence-corrected chi connectivity index (χ2v) is 13.6. The zero-order valence-electron chi connectivity index (χ0n) is 27.6. The molecule has 250 valence electrons. The Kier molecular flexibility index (Phi) is 8.51. The third-order valence-electron chi connectivity index (χ3n) is 8.75. The molecule has 0 spiro atoms. The van der Waals surface area contributed by atoms with Gasteiger partial charge in [-0.05, 0) is 68.5 Å². The molecule has 0 saturated carbocycles. The van der Waals surface area contributed by atoms with E-state index in [2.05, 4.69) is 5.32 Å². The minimum Gasteiger partial charge on any atom is -0.480 e. The van der Waals surface area contributed by atoms with Crippen LogP contribution in [0.5, 0.6) is 0 Å². The van der Waals surface area contributed by atoms with Crippen molar-refractivity contribution in [1.82, 2.24) is 14.8 Å². The molecule has 4 aromatic rings. The molecule has 0 unspecified atom stereocenters. The average Bonchev–Trinajstić information content (AvgIpc) is 3.67. The van der Waals surface area contributed by atoms with Gasteiger partial charge in [-0.3, -0.25) is 14.3 Å². The van der Waals surface area contributed by atoms with Gasteiger partial charge in [-0.25, -0.2) is 14.4 Å². The van der Waals surface area contributed by atoms with Crippen LogP contribution < -0.4 is 5.32 Å². The monoisotopic (exact) mass is 653 g/mol. The molecule has 0 radical (unpaired) electrons. The number of nitrogens with one attached hydrogen (secondary N) is 1. The van der Waals surface area contributed by atoms with Crippen LogP contribution >= 0.6 is 0 Å². The van der Waals surface area contributed by atoms with E-state index < -0.39 is 47.5 Å². The Labute approximate surface area is 278 Å². The maximum absolute atomic E-state index is 14.3. The van der Waals surface area contributed by atoms with Crippen LogP contribution in [0.2, 0.25) is 0 Å². The van der Waals surface area contributed by atoms with Gasteiger partial charge in [-0.2, -0.15) is 0 Å². The molecule has 2 N–H and O–H groups in total. The lowest BCUT2D eigenvalue weighted by Gasteiger charge is -2.35. The SMILES string of the molecule is CC(C)(C)OC(=O)n1cc(C[C@H](NC(=O)OCC2c3ccccc3-c3ccccc32)C(=O)N2[C@H](C(=O)O)COC2(C)C)c2ccccc21. The van der Waals surface area contributed by atoms with Crippen molar-refractivity contribution in [3.8, 4) is 11.1 Å². The number of carboxylic acid groups (broad SMARTS) is 1. The van der Waals surface area contributed by atoms with Gasteiger partial charge < -0.3 is 24.6 Å². The van der Waals surface area contributed by atoms with E-state index in [1.54, 1.807) is 59.0 Å². The topological polar surface area (TPSA) is 136 Å². The fraction of sp³-hybridized carbons (Fsp3) is 0.351. The summed E-state index contributed by atoms with van der Waals surface area (Å²) in [4.78, 5) is 54.3. The first-order valence-corrected chi connectivity index (χ1v) is 15.9. The lowest BCUT2D eigenvalue weighted by molar-refractivity contribution is -0.156. The molecule has 2 amide bonds. The van der Waals surface area contributed by atoms with Crippen LogP contribution in [0.3, 0.4) is 0 Å². The molecule has 2 heterocycles. The van der Waals surface area contributed by atoms with Gasteiger partial charge in [0.2, 0.25) is 5.91 Å². The Morgan fingerprint density at radius 2 is 1.56 bits per heavy atom. The van der Waals surface area contributed by atoms with E-state index in [0.29, 0.717) is 16.5 Å². The molecule has 2 atom stereocenters. The Morgan fingerprint density at radius 1 is 0.958 bits per heavy atom. The number of benzene rings is 3. The highest BCUT2D eigenvalue weighted by atomic mass is 16.6. The Balaban J connectivity index is 1.30. The van der Waals surface area contributed by atoms with Crippen LogP contribution in [-0.4, -0.2) is 75.3 Å². The number of para-hydroxylation sites is 1. The predicted molar refractivity (Wildman–Crippen MR) is 178 cm³/mol. The lowest BCUT2D eigenvalue weighted by Crippen LogP contribution is -2.58. The van der Waals surface area contributed by atoms with Crippen LogP contribution in [0.1, 0.15) is 57.2 Å². The molecule has 6 rings (SSSR count). The minimum atomic E-state index is -1.26. The summed E-state index contributed by atoms with van der Waals surface area (Å²) in [6, 6.07) is 20.5. The summed E-state index contributed by atoms with van der Waals surface area (Å²) in [6.07, 6.45) is 0.0741. The van der Waals surface area contributed by atoms with Gasteiger partial charge in [0, 0.05) is 23.9 Å². The van der Waals surface area contributed by atoms with Crippen molar-refractivity contribution >= 4 is 35.0 Å². The van der Waals surface area contributed by atoms with Crippen LogP contribution in [0, 0.1) is 0 Å². The smallest absolute Gasteiger partial charge is 0.419 e. The molecular weight excluding hydrogens is 614 g/mol. The molecule has 2 aliphatic rings. The van der Waals surface area contributed by atoms with E-state index in [-0.39, 0.29) is 25.6 Å². The number of carbonyl (C=O) groups excluding carboxylic acids is 3. The fourth-order valence-electron chi connectivity index (χ4n) is 6.65. The molecule has 1 saturated heterocycles. The summed E-state index contributed by atoms with van der Waals surface area (Å²) in [5.74, 6) is -2.09. The maximum atomic E-state index is 14.3. The highest BCUT2D eigenvalue weighted by Gasteiger charge is 2.49.